The van der Waals surface area contributed by atoms with Crippen molar-refractivity contribution in [3.8, 4) is 0 Å². The molecule has 1 aliphatic rings. The predicted molar refractivity (Wildman–Crippen MR) is 105 cm³/mol. The summed E-state index contributed by atoms with van der Waals surface area (Å²) < 4.78 is 27.5. The van der Waals surface area contributed by atoms with Crippen LogP contribution in [-0.2, 0) is 26.0 Å². The fraction of sp³-hybridized carbons (Fsp3) is 0.579. The third-order valence-electron chi connectivity index (χ3n) is 4.60. The number of hydrogen-bond acceptors (Lipinski definition) is 4. The summed E-state index contributed by atoms with van der Waals surface area (Å²) in [5.74, 6) is 0.280. The number of hydrogen-bond donors (Lipinski definition) is 2. The van der Waals surface area contributed by atoms with Crippen LogP contribution in [0, 0.1) is 5.92 Å². The van der Waals surface area contributed by atoms with Gasteiger partial charge < -0.3 is 10.2 Å². The Labute approximate surface area is 161 Å². The van der Waals surface area contributed by atoms with Crippen LogP contribution < -0.4 is 14.9 Å². The summed E-state index contributed by atoms with van der Waals surface area (Å²) >= 11 is 0. The molecule has 0 aliphatic carbocycles. The monoisotopic (exact) mass is 395 g/mol. The lowest BCUT2D eigenvalue weighted by Crippen LogP contribution is -2.33. The molecule has 0 bridgehead atoms. The molecule has 7 nitrogen and oxygen atoms in total. The van der Waals surface area contributed by atoms with Gasteiger partial charge in [0.15, 0.2) is 0 Å². The van der Waals surface area contributed by atoms with Gasteiger partial charge in [-0.05, 0) is 49.4 Å². The van der Waals surface area contributed by atoms with Crippen LogP contribution in [0.2, 0.25) is 0 Å². The van der Waals surface area contributed by atoms with Crippen molar-refractivity contribution in [2.45, 2.75) is 57.9 Å². The lowest BCUT2D eigenvalue weighted by Gasteiger charge is -2.20. The largest absolute Gasteiger partial charge is 0.356 e. The maximum atomic E-state index is 12.5. The highest BCUT2D eigenvalue weighted by molar-refractivity contribution is 7.89. The fourth-order valence-corrected chi connectivity index (χ4v) is 4.31. The van der Waals surface area contributed by atoms with Crippen molar-refractivity contribution in [1.82, 2.24) is 10.0 Å². The van der Waals surface area contributed by atoms with Gasteiger partial charge in [0.2, 0.25) is 21.8 Å². The van der Waals surface area contributed by atoms with Gasteiger partial charge >= 0.3 is 0 Å². The van der Waals surface area contributed by atoms with E-state index >= 15 is 0 Å². The lowest BCUT2D eigenvalue weighted by atomic mass is 10.1. The maximum absolute atomic E-state index is 12.5. The van der Waals surface area contributed by atoms with E-state index in [0.717, 1.165) is 17.7 Å². The molecule has 8 heteroatoms. The number of carbonyl (C=O) groups is 2. The van der Waals surface area contributed by atoms with Crippen LogP contribution in [0.4, 0.5) is 5.69 Å². The van der Waals surface area contributed by atoms with Crippen LogP contribution in [0.15, 0.2) is 23.1 Å². The number of sulfonamides is 1. The third kappa shape index (κ3) is 5.52. The predicted octanol–water partition coefficient (Wildman–Crippen LogP) is 1.81. The van der Waals surface area contributed by atoms with E-state index in [9.17, 15) is 18.0 Å². The van der Waals surface area contributed by atoms with Crippen LogP contribution in [0.25, 0.3) is 0 Å². The summed E-state index contributed by atoms with van der Waals surface area (Å²) in [5, 5.41) is 2.78. The average Bonchev–Trinajstić information content (AvgIpc) is 2.89. The van der Waals surface area contributed by atoms with E-state index in [1.807, 2.05) is 6.92 Å². The van der Waals surface area contributed by atoms with Crippen molar-refractivity contribution in [3.05, 3.63) is 23.8 Å². The Morgan fingerprint density at radius 3 is 2.59 bits per heavy atom. The van der Waals surface area contributed by atoms with E-state index in [1.165, 1.54) is 13.0 Å². The molecule has 0 saturated carbocycles. The molecule has 0 radical (unpaired) electrons. The molecular formula is C19H29N3O4S. The van der Waals surface area contributed by atoms with E-state index in [4.69, 9.17) is 0 Å². The summed E-state index contributed by atoms with van der Waals surface area (Å²) in [6.45, 7) is 8.23. The zero-order valence-corrected chi connectivity index (χ0v) is 17.2. The van der Waals surface area contributed by atoms with Crippen molar-refractivity contribution in [3.63, 3.8) is 0 Å². The third-order valence-corrected chi connectivity index (χ3v) is 6.06. The molecule has 2 amide bonds. The lowest BCUT2D eigenvalue weighted by molar-refractivity contribution is -0.121. The Hall–Kier alpha value is -1.93. The number of benzene rings is 1. The fourth-order valence-electron chi connectivity index (χ4n) is 3.23. The smallest absolute Gasteiger partial charge is 0.240 e. The Bertz CT molecular complexity index is 805. The van der Waals surface area contributed by atoms with Gasteiger partial charge in [0.25, 0.3) is 0 Å². The molecule has 27 heavy (non-hydrogen) atoms. The minimum Gasteiger partial charge on any atom is -0.356 e. The van der Waals surface area contributed by atoms with Gasteiger partial charge in [-0.25, -0.2) is 13.1 Å². The Morgan fingerprint density at radius 2 is 1.96 bits per heavy atom. The molecule has 0 unspecified atom stereocenters. The number of nitrogens with zero attached hydrogens (tertiary/aromatic N) is 1. The van der Waals surface area contributed by atoms with Gasteiger partial charge in [-0.1, -0.05) is 13.8 Å². The number of amides is 2. The molecule has 0 fully saturated rings. The zero-order valence-electron chi connectivity index (χ0n) is 16.4. The average molecular weight is 396 g/mol. The van der Waals surface area contributed by atoms with Gasteiger partial charge in [-0.2, -0.15) is 0 Å². The highest BCUT2D eigenvalue weighted by Gasteiger charge is 2.30. The molecule has 1 aliphatic heterocycles. The van der Waals surface area contributed by atoms with E-state index in [2.05, 4.69) is 23.9 Å². The second-order valence-electron chi connectivity index (χ2n) is 7.41. The van der Waals surface area contributed by atoms with Crippen molar-refractivity contribution >= 4 is 27.5 Å². The normalized spacial score (nSPS) is 16.5. The number of carbonyl (C=O) groups excluding carboxylic acids is 2. The first-order valence-electron chi connectivity index (χ1n) is 9.31. The molecule has 0 aromatic heterocycles. The number of rotatable bonds is 8. The summed E-state index contributed by atoms with van der Waals surface area (Å²) in [4.78, 5) is 25.4. The highest BCUT2D eigenvalue weighted by Crippen LogP contribution is 2.33. The van der Waals surface area contributed by atoms with E-state index in [-0.39, 0.29) is 35.7 Å². The van der Waals surface area contributed by atoms with Gasteiger partial charge in [-0.15, -0.1) is 0 Å². The first-order valence-corrected chi connectivity index (χ1v) is 10.8. The molecule has 1 heterocycles. The number of fused-ring (bicyclic) bond motifs is 1. The van der Waals surface area contributed by atoms with Gasteiger partial charge in [0.05, 0.1) is 4.90 Å². The molecule has 1 atom stereocenters. The molecule has 150 valence electrons. The quantitative estimate of drug-likeness (QED) is 0.702. The maximum Gasteiger partial charge on any atom is 0.240 e. The SMILES string of the molecule is CC(=O)N1c2ccc(S(=O)(=O)NCCC(=O)NCCC(C)C)cc2C[C@@H]1C. The molecule has 2 N–H and O–H groups in total. The van der Waals surface area contributed by atoms with Crippen LogP contribution in [-0.4, -0.2) is 39.4 Å². The minimum absolute atomic E-state index is 0.0120. The standard InChI is InChI=1S/C19H29N3O4S/c1-13(2)7-9-20-19(24)8-10-21-27(25,26)17-5-6-18-16(12-17)11-14(3)22(18)15(4)23/h5-6,12-14,21H,7-11H2,1-4H3,(H,20,24)/t14-/m0/s1. The van der Waals surface area contributed by atoms with E-state index in [1.54, 1.807) is 17.0 Å². The van der Waals surface area contributed by atoms with Crippen molar-refractivity contribution in [2.75, 3.05) is 18.0 Å². The summed E-state index contributed by atoms with van der Waals surface area (Å²) in [6.07, 6.45) is 1.61. The summed E-state index contributed by atoms with van der Waals surface area (Å²) in [7, 11) is -3.70. The summed E-state index contributed by atoms with van der Waals surface area (Å²) in [5.41, 5.74) is 1.60. The molecular weight excluding hydrogens is 366 g/mol. The molecule has 0 saturated heterocycles. The first kappa shape index (κ1) is 21.4. The van der Waals surface area contributed by atoms with Gasteiger partial charge in [0, 0.05) is 38.2 Å². The van der Waals surface area contributed by atoms with Crippen LogP contribution in [0.3, 0.4) is 0 Å². The van der Waals surface area contributed by atoms with E-state index < -0.39 is 10.0 Å². The number of nitrogens with one attached hydrogen (secondary N) is 2. The highest BCUT2D eigenvalue weighted by atomic mass is 32.2. The first-order chi connectivity index (χ1) is 12.6. The van der Waals surface area contributed by atoms with Crippen LogP contribution in [0.5, 0.6) is 0 Å². The van der Waals surface area contributed by atoms with Crippen molar-refractivity contribution in [2.24, 2.45) is 5.92 Å². The van der Waals surface area contributed by atoms with Gasteiger partial charge in [-0.3, -0.25) is 9.59 Å². The Morgan fingerprint density at radius 1 is 1.26 bits per heavy atom. The second-order valence-corrected chi connectivity index (χ2v) is 9.18. The Balaban J connectivity index is 1.95. The molecule has 0 spiro atoms. The molecule has 1 aromatic carbocycles. The molecule has 1 aromatic rings. The minimum atomic E-state index is -3.70. The second kappa shape index (κ2) is 8.84. The number of anilines is 1. The van der Waals surface area contributed by atoms with E-state index in [0.29, 0.717) is 18.9 Å². The van der Waals surface area contributed by atoms with Crippen LogP contribution >= 0.6 is 0 Å². The summed E-state index contributed by atoms with van der Waals surface area (Å²) in [6, 6.07) is 4.79. The van der Waals surface area contributed by atoms with Crippen LogP contribution in [0.1, 0.15) is 46.1 Å². The zero-order chi connectivity index (χ0) is 20.2. The Kier molecular flexibility index (Phi) is 7.00. The van der Waals surface area contributed by atoms with Crippen molar-refractivity contribution < 1.29 is 18.0 Å². The molecule has 2 rings (SSSR count). The topological polar surface area (TPSA) is 95.6 Å². The van der Waals surface area contributed by atoms with Crippen molar-refractivity contribution in [1.29, 1.82) is 0 Å². The van der Waals surface area contributed by atoms with Gasteiger partial charge in [0.1, 0.15) is 0 Å².